The summed E-state index contributed by atoms with van der Waals surface area (Å²) in [5.74, 6) is 0. The first-order valence-corrected chi connectivity index (χ1v) is 7.82. The van der Waals surface area contributed by atoms with Crippen LogP contribution in [0.5, 0.6) is 0 Å². The van der Waals surface area contributed by atoms with Crippen molar-refractivity contribution < 1.29 is 9.53 Å². The molecule has 1 aromatic heterocycles. The summed E-state index contributed by atoms with van der Waals surface area (Å²) in [6, 6.07) is 5.89. The van der Waals surface area contributed by atoms with E-state index in [0.717, 1.165) is 29.8 Å². The summed E-state index contributed by atoms with van der Waals surface area (Å²) in [6.07, 6.45) is 0.503. The highest BCUT2D eigenvalue weighted by Gasteiger charge is 2.15. The van der Waals surface area contributed by atoms with Gasteiger partial charge in [0.15, 0.2) is 0 Å². The van der Waals surface area contributed by atoms with Crippen LogP contribution in [0.3, 0.4) is 0 Å². The van der Waals surface area contributed by atoms with Crippen LogP contribution in [-0.2, 0) is 11.3 Å². The highest BCUT2D eigenvalue weighted by molar-refractivity contribution is 9.10. The number of hydrogen-bond donors (Lipinski definition) is 1. The van der Waals surface area contributed by atoms with Crippen molar-refractivity contribution in [2.45, 2.75) is 39.3 Å². The molecule has 1 heterocycles. The summed E-state index contributed by atoms with van der Waals surface area (Å²) in [7, 11) is 2.04. The number of carbonyl (C=O) groups is 1. The van der Waals surface area contributed by atoms with Crippen molar-refractivity contribution in [1.29, 1.82) is 0 Å². The van der Waals surface area contributed by atoms with Crippen LogP contribution >= 0.6 is 15.9 Å². The fourth-order valence-electron chi connectivity index (χ4n) is 1.75. The van der Waals surface area contributed by atoms with E-state index < -0.39 is 5.60 Å². The maximum absolute atomic E-state index is 11.5. The number of carbonyl (C=O) groups excluding carboxylic acids is 1. The summed E-state index contributed by atoms with van der Waals surface area (Å²) < 4.78 is 6.02. The van der Waals surface area contributed by atoms with Gasteiger partial charge < -0.3 is 15.0 Å². The van der Waals surface area contributed by atoms with E-state index >= 15 is 0 Å². The average molecular weight is 358 g/mol. The largest absolute Gasteiger partial charge is 0.444 e. The molecule has 0 aliphatic carbocycles. The monoisotopic (exact) mass is 357 g/mol. The molecule has 21 heavy (non-hydrogen) atoms. The second-order valence-electron chi connectivity index (χ2n) is 5.97. The lowest BCUT2D eigenvalue weighted by atomic mass is 10.2. The van der Waals surface area contributed by atoms with Gasteiger partial charge in [-0.05, 0) is 68.8 Å². The van der Waals surface area contributed by atoms with Gasteiger partial charge in [0.1, 0.15) is 10.2 Å². The summed E-state index contributed by atoms with van der Waals surface area (Å²) >= 11 is 3.36. The van der Waals surface area contributed by atoms with Gasteiger partial charge >= 0.3 is 6.09 Å². The third-order valence-corrected chi connectivity index (χ3v) is 3.03. The maximum atomic E-state index is 11.5. The van der Waals surface area contributed by atoms with Gasteiger partial charge in [-0.1, -0.05) is 6.07 Å². The quantitative estimate of drug-likeness (QED) is 0.627. The standard InChI is InChI=1S/C15H24BrN3O2/c1-15(2,3)21-14(20)17-9-6-10-19(4)11-12-7-5-8-13(16)18-12/h5,7-8H,6,9-11H2,1-4H3,(H,17,20). The number of alkyl carbamates (subject to hydrolysis) is 1. The number of aromatic nitrogens is 1. The van der Waals surface area contributed by atoms with Gasteiger partial charge in [-0.3, -0.25) is 0 Å². The van der Waals surface area contributed by atoms with Crippen molar-refractivity contribution in [2.75, 3.05) is 20.1 Å². The van der Waals surface area contributed by atoms with E-state index in [1.54, 1.807) is 0 Å². The van der Waals surface area contributed by atoms with E-state index in [2.05, 4.69) is 31.1 Å². The Morgan fingerprint density at radius 2 is 2.14 bits per heavy atom. The Hall–Kier alpha value is -1.14. The third-order valence-electron chi connectivity index (χ3n) is 2.59. The Balaban J connectivity index is 2.19. The normalized spacial score (nSPS) is 11.5. The van der Waals surface area contributed by atoms with Gasteiger partial charge in [0, 0.05) is 13.1 Å². The van der Waals surface area contributed by atoms with Crippen molar-refractivity contribution in [3.8, 4) is 0 Å². The van der Waals surface area contributed by atoms with Crippen molar-refractivity contribution in [2.24, 2.45) is 0 Å². The van der Waals surface area contributed by atoms with Crippen LogP contribution in [0.15, 0.2) is 22.8 Å². The lowest BCUT2D eigenvalue weighted by Crippen LogP contribution is -2.34. The molecular weight excluding hydrogens is 334 g/mol. The number of rotatable bonds is 6. The van der Waals surface area contributed by atoms with Crippen molar-refractivity contribution in [3.05, 3.63) is 28.5 Å². The molecular formula is C15H24BrN3O2. The topological polar surface area (TPSA) is 54.5 Å². The lowest BCUT2D eigenvalue weighted by molar-refractivity contribution is 0.0526. The molecule has 0 aliphatic heterocycles. The summed E-state index contributed by atoms with van der Waals surface area (Å²) in [4.78, 5) is 18.0. The number of halogens is 1. The highest BCUT2D eigenvalue weighted by Crippen LogP contribution is 2.08. The minimum Gasteiger partial charge on any atom is -0.444 e. The fourth-order valence-corrected chi connectivity index (χ4v) is 2.13. The highest BCUT2D eigenvalue weighted by atomic mass is 79.9. The molecule has 0 unspecified atom stereocenters. The first-order valence-electron chi connectivity index (χ1n) is 7.03. The van der Waals surface area contributed by atoms with Crippen LogP contribution in [0, 0.1) is 0 Å². The average Bonchev–Trinajstić information content (AvgIpc) is 2.32. The third kappa shape index (κ3) is 8.67. The molecule has 0 saturated heterocycles. The van der Waals surface area contributed by atoms with Crippen LogP contribution in [0.1, 0.15) is 32.9 Å². The van der Waals surface area contributed by atoms with E-state index in [1.165, 1.54) is 0 Å². The molecule has 0 saturated carbocycles. The van der Waals surface area contributed by atoms with E-state index in [0.29, 0.717) is 6.54 Å². The number of pyridine rings is 1. The van der Waals surface area contributed by atoms with Crippen LogP contribution in [0.2, 0.25) is 0 Å². The smallest absolute Gasteiger partial charge is 0.407 e. The van der Waals surface area contributed by atoms with Crippen molar-refractivity contribution >= 4 is 22.0 Å². The van der Waals surface area contributed by atoms with Crippen LogP contribution in [0.4, 0.5) is 4.79 Å². The van der Waals surface area contributed by atoms with Crippen LogP contribution in [-0.4, -0.2) is 41.7 Å². The Labute approximate surface area is 135 Å². The second kappa shape index (κ2) is 8.34. The first kappa shape index (κ1) is 17.9. The Morgan fingerprint density at radius 1 is 1.43 bits per heavy atom. The molecule has 0 bridgehead atoms. The molecule has 0 fully saturated rings. The minimum absolute atomic E-state index is 0.362. The Bertz CT molecular complexity index is 460. The Kier molecular flexibility index (Phi) is 7.11. The molecule has 118 valence electrons. The predicted molar refractivity (Wildman–Crippen MR) is 87.1 cm³/mol. The second-order valence-corrected chi connectivity index (χ2v) is 6.78. The van der Waals surface area contributed by atoms with Crippen molar-refractivity contribution in [3.63, 3.8) is 0 Å². The summed E-state index contributed by atoms with van der Waals surface area (Å²) in [5, 5.41) is 2.76. The minimum atomic E-state index is -0.451. The molecule has 1 N–H and O–H groups in total. The molecule has 0 aromatic carbocycles. The summed E-state index contributed by atoms with van der Waals surface area (Å²) in [5.41, 5.74) is 0.569. The molecule has 1 aromatic rings. The van der Waals surface area contributed by atoms with Crippen molar-refractivity contribution in [1.82, 2.24) is 15.2 Å². The Morgan fingerprint density at radius 3 is 2.76 bits per heavy atom. The zero-order valence-electron chi connectivity index (χ0n) is 13.1. The maximum Gasteiger partial charge on any atom is 0.407 e. The number of nitrogens with one attached hydrogen (secondary N) is 1. The number of amides is 1. The molecule has 0 aliphatic rings. The lowest BCUT2D eigenvalue weighted by Gasteiger charge is -2.20. The van der Waals surface area contributed by atoms with Gasteiger partial charge in [0.2, 0.25) is 0 Å². The van der Waals surface area contributed by atoms with Gasteiger partial charge in [-0.2, -0.15) is 0 Å². The molecule has 0 spiro atoms. The first-order chi connectivity index (χ1) is 9.76. The fraction of sp³-hybridized carbons (Fsp3) is 0.600. The summed E-state index contributed by atoms with van der Waals surface area (Å²) in [6.45, 7) is 7.82. The van der Waals surface area contributed by atoms with Gasteiger partial charge in [-0.25, -0.2) is 9.78 Å². The number of ether oxygens (including phenoxy) is 1. The molecule has 0 radical (unpaired) electrons. The molecule has 1 amide bonds. The SMILES string of the molecule is CN(CCCNC(=O)OC(C)(C)C)Cc1cccc(Br)n1. The van der Waals surface area contributed by atoms with Gasteiger partial charge in [-0.15, -0.1) is 0 Å². The predicted octanol–water partition coefficient (Wildman–Crippen LogP) is 3.19. The van der Waals surface area contributed by atoms with E-state index in [-0.39, 0.29) is 6.09 Å². The molecule has 1 rings (SSSR count). The molecule has 0 atom stereocenters. The van der Waals surface area contributed by atoms with E-state index in [1.807, 2.05) is 46.0 Å². The number of hydrogen-bond acceptors (Lipinski definition) is 4. The van der Waals surface area contributed by atoms with E-state index in [9.17, 15) is 4.79 Å². The van der Waals surface area contributed by atoms with E-state index in [4.69, 9.17) is 4.74 Å². The zero-order valence-corrected chi connectivity index (χ0v) is 14.7. The van der Waals surface area contributed by atoms with Gasteiger partial charge in [0.05, 0.1) is 5.69 Å². The molecule has 6 heteroatoms. The van der Waals surface area contributed by atoms with Gasteiger partial charge in [0.25, 0.3) is 0 Å². The van der Waals surface area contributed by atoms with Crippen LogP contribution in [0.25, 0.3) is 0 Å². The number of nitrogens with zero attached hydrogens (tertiary/aromatic N) is 2. The zero-order chi connectivity index (χ0) is 15.9. The van der Waals surface area contributed by atoms with Crippen LogP contribution < -0.4 is 5.32 Å². The molecule has 5 nitrogen and oxygen atoms in total.